The highest BCUT2D eigenvalue weighted by atomic mass is 19.4. The number of nitrogens with zero attached hydrogens (tertiary/aromatic N) is 2. The van der Waals surface area contributed by atoms with Gasteiger partial charge in [0, 0.05) is 35.4 Å². The van der Waals surface area contributed by atoms with Crippen molar-refractivity contribution in [2.45, 2.75) is 61.5 Å². The summed E-state index contributed by atoms with van der Waals surface area (Å²) in [5, 5.41) is 1.59. The van der Waals surface area contributed by atoms with Gasteiger partial charge in [0.15, 0.2) is 0 Å². The van der Waals surface area contributed by atoms with Gasteiger partial charge in [-0.3, -0.25) is 0 Å². The molecule has 39 heavy (non-hydrogen) atoms. The van der Waals surface area contributed by atoms with Gasteiger partial charge in [0.1, 0.15) is 5.69 Å². The van der Waals surface area contributed by atoms with E-state index in [9.17, 15) is 61.9 Å². The fourth-order valence-corrected chi connectivity index (χ4v) is 5.30. The van der Waals surface area contributed by atoms with E-state index in [-0.39, 0.29) is 34.9 Å². The molecule has 1 aliphatic carbocycles. The minimum absolute atomic E-state index is 0.0792. The first-order chi connectivity index (χ1) is 17.6. The highest BCUT2D eigenvalue weighted by Gasteiger charge is 2.76. The van der Waals surface area contributed by atoms with Gasteiger partial charge in [0.05, 0.1) is 0 Å². The Hall–Kier alpha value is -2.92. The smallest absolute Gasteiger partial charge is 0.351 e. The number of urea groups is 1. The number of hydrogen-bond acceptors (Lipinski definition) is 2. The number of hydrogen-bond donors (Lipinski definition) is 2. The highest BCUT2D eigenvalue weighted by molar-refractivity contribution is 5.90. The molecule has 0 radical (unpaired) electrons. The lowest BCUT2D eigenvalue weighted by molar-refractivity contribution is -0.415. The number of aromatic amines is 1. The normalized spacial score (nSPS) is 23.1. The molecule has 1 aliphatic heterocycles. The van der Waals surface area contributed by atoms with Crippen LogP contribution in [0.1, 0.15) is 29.2 Å². The largest absolute Gasteiger partial charge is 0.475 e. The Bertz CT molecular complexity index is 1240. The van der Waals surface area contributed by atoms with E-state index in [1.807, 2.05) is 0 Å². The SMILES string of the molecule is CN1CC(NC(=O)N(C(F)(F)C(F)(F)F)C(F)(F)C(F)(F)F)CC2c3cccc4[nH]c(C(F)(F)F)c(c34)CC21. The van der Waals surface area contributed by atoms with Crippen LogP contribution in [0.4, 0.5) is 61.9 Å². The molecule has 18 heteroatoms. The minimum Gasteiger partial charge on any atom is -0.351 e. The number of rotatable bonds is 3. The number of aromatic nitrogens is 1. The summed E-state index contributed by atoms with van der Waals surface area (Å²) in [6, 6.07) is -15.0. The van der Waals surface area contributed by atoms with E-state index in [1.165, 1.54) is 35.5 Å². The molecule has 218 valence electrons. The lowest BCUT2D eigenvalue weighted by atomic mass is 9.73. The fourth-order valence-electron chi connectivity index (χ4n) is 5.30. The van der Waals surface area contributed by atoms with Gasteiger partial charge in [-0.25, -0.2) is 4.79 Å². The van der Waals surface area contributed by atoms with E-state index in [1.54, 1.807) is 0 Å². The molecule has 3 atom stereocenters. The van der Waals surface area contributed by atoms with Gasteiger partial charge in [0.2, 0.25) is 0 Å². The summed E-state index contributed by atoms with van der Waals surface area (Å²) in [5.74, 6) is -0.790. The molecule has 2 aliphatic rings. The molecule has 1 aromatic heterocycles. The summed E-state index contributed by atoms with van der Waals surface area (Å²) in [5.41, 5.74) is -0.714. The van der Waals surface area contributed by atoms with Crippen LogP contribution in [-0.2, 0) is 12.6 Å². The standard InChI is InChI=1S/C21H17F13N4O/c1-37-7-8(35-16(39)38(20(31,32)18(25,26)27)21(33,34)19(28,29)30)5-10-9-3-2-4-12-14(9)11(6-13(10)37)15(36-12)17(22,23)24/h2-4,8,10,13,36H,5-7H2,1H3,(H,35,39). The van der Waals surface area contributed by atoms with Crippen molar-refractivity contribution >= 4 is 16.9 Å². The van der Waals surface area contributed by atoms with Crippen molar-refractivity contribution in [2.24, 2.45) is 0 Å². The summed E-state index contributed by atoms with van der Waals surface area (Å²) in [7, 11) is 1.31. The molecule has 2 N–H and O–H groups in total. The first kappa shape index (κ1) is 29.1. The zero-order chi connectivity index (χ0) is 29.5. The maximum absolute atomic E-state index is 13.8. The van der Waals surface area contributed by atoms with Crippen molar-refractivity contribution in [1.29, 1.82) is 0 Å². The second-order valence-electron chi connectivity index (χ2n) is 9.36. The summed E-state index contributed by atoms with van der Waals surface area (Å²) >= 11 is 0. The molecule has 1 aromatic carbocycles. The third-order valence-corrected chi connectivity index (χ3v) is 6.91. The summed E-state index contributed by atoms with van der Waals surface area (Å²) in [6.45, 7) is -0.465. The van der Waals surface area contributed by atoms with Crippen LogP contribution in [-0.4, -0.2) is 70.9 Å². The number of halogens is 13. The van der Waals surface area contributed by atoms with Gasteiger partial charge in [-0.15, -0.1) is 0 Å². The number of likely N-dealkylation sites (tertiary alicyclic amines) is 1. The minimum atomic E-state index is -6.99. The number of likely N-dealkylation sites (N-methyl/N-ethyl adjacent to an activating group) is 1. The van der Waals surface area contributed by atoms with Crippen LogP contribution in [0, 0.1) is 0 Å². The van der Waals surface area contributed by atoms with E-state index < -0.39 is 71.8 Å². The Morgan fingerprint density at radius 3 is 2.03 bits per heavy atom. The first-order valence-electron chi connectivity index (χ1n) is 11.0. The zero-order valence-corrected chi connectivity index (χ0v) is 19.3. The van der Waals surface area contributed by atoms with Crippen LogP contribution in [0.25, 0.3) is 10.9 Å². The summed E-state index contributed by atoms with van der Waals surface area (Å²) < 4.78 is 173. The molecule has 1 saturated heterocycles. The van der Waals surface area contributed by atoms with Crippen LogP contribution in [0.2, 0.25) is 0 Å². The third kappa shape index (κ3) is 4.63. The van der Waals surface area contributed by atoms with Gasteiger partial charge in [0.25, 0.3) is 0 Å². The maximum atomic E-state index is 13.8. The number of H-pyrrole nitrogens is 1. The number of carbonyl (C=O) groups excluding carboxylic acids is 1. The number of benzene rings is 1. The monoisotopic (exact) mass is 588 g/mol. The second kappa shape index (κ2) is 8.79. The lowest BCUT2D eigenvalue weighted by Gasteiger charge is -2.46. The van der Waals surface area contributed by atoms with Crippen molar-refractivity contribution in [1.82, 2.24) is 20.1 Å². The summed E-state index contributed by atoms with van der Waals surface area (Å²) in [6.07, 6.45) is -19.3. The quantitative estimate of drug-likeness (QED) is 0.331. The molecule has 2 heterocycles. The average molecular weight is 588 g/mol. The van der Waals surface area contributed by atoms with Crippen molar-refractivity contribution < 1.29 is 61.9 Å². The third-order valence-electron chi connectivity index (χ3n) is 6.91. The number of carbonyl (C=O) groups is 1. The predicted molar refractivity (Wildman–Crippen MR) is 107 cm³/mol. The number of amides is 2. The van der Waals surface area contributed by atoms with Crippen molar-refractivity contribution in [3.8, 4) is 0 Å². The van der Waals surface area contributed by atoms with Gasteiger partial charge in [-0.05, 0) is 37.1 Å². The number of alkyl halides is 13. The molecule has 1 fully saturated rings. The van der Waals surface area contributed by atoms with E-state index in [0.29, 0.717) is 0 Å². The Morgan fingerprint density at radius 2 is 1.51 bits per heavy atom. The molecule has 2 aromatic rings. The summed E-state index contributed by atoms with van der Waals surface area (Å²) in [4.78, 5) is 13.0. The number of nitrogens with one attached hydrogen (secondary N) is 2. The van der Waals surface area contributed by atoms with Crippen molar-refractivity contribution in [3.05, 3.63) is 35.0 Å². The zero-order valence-electron chi connectivity index (χ0n) is 19.3. The van der Waals surface area contributed by atoms with Crippen LogP contribution >= 0.6 is 0 Å². The van der Waals surface area contributed by atoms with E-state index >= 15 is 0 Å². The topological polar surface area (TPSA) is 51.4 Å². The fraction of sp³-hybridized carbons (Fsp3) is 0.571. The molecule has 0 spiro atoms. The molecule has 2 amide bonds. The maximum Gasteiger partial charge on any atom is 0.475 e. The Morgan fingerprint density at radius 1 is 0.949 bits per heavy atom. The molecule has 0 bridgehead atoms. The number of fused-ring (bicyclic) bond motifs is 2. The van der Waals surface area contributed by atoms with E-state index in [4.69, 9.17) is 0 Å². The molecule has 5 nitrogen and oxygen atoms in total. The second-order valence-corrected chi connectivity index (χ2v) is 9.36. The molecular weight excluding hydrogens is 571 g/mol. The van der Waals surface area contributed by atoms with Crippen molar-refractivity contribution in [2.75, 3.05) is 13.6 Å². The molecular formula is C21H17F13N4O. The lowest BCUT2D eigenvalue weighted by Crippen LogP contribution is -2.69. The van der Waals surface area contributed by atoms with Crippen LogP contribution in [0.5, 0.6) is 0 Å². The number of piperidine rings is 1. The van der Waals surface area contributed by atoms with E-state index in [0.717, 1.165) is 0 Å². The predicted octanol–water partition coefficient (Wildman–Crippen LogP) is 6.22. The highest BCUT2D eigenvalue weighted by Crippen LogP contribution is 2.50. The Kier molecular flexibility index (Phi) is 6.55. The van der Waals surface area contributed by atoms with Gasteiger partial charge < -0.3 is 15.2 Å². The van der Waals surface area contributed by atoms with Crippen molar-refractivity contribution in [3.63, 3.8) is 0 Å². The van der Waals surface area contributed by atoms with E-state index in [2.05, 4.69) is 4.98 Å². The molecule has 4 rings (SSSR count). The van der Waals surface area contributed by atoms with Crippen LogP contribution in [0.15, 0.2) is 18.2 Å². The van der Waals surface area contributed by atoms with Crippen LogP contribution in [0.3, 0.4) is 0 Å². The molecule has 3 unspecified atom stereocenters. The van der Waals surface area contributed by atoms with Gasteiger partial charge >= 0.3 is 36.7 Å². The first-order valence-corrected chi connectivity index (χ1v) is 11.0. The van der Waals surface area contributed by atoms with Gasteiger partial charge in [-0.2, -0.15) is 62.0 Å². The average Bonchev–Trinajstić information content (AvgIpc) is 3.13. The van der Waals surface area contributed by atoms with Crippen LogP contribution < -0.4 is 5.32 Å². The van der Waals surface area contributed by atoms with Gasteiger partial charge in [-0.1, -0.05) is 12.1 Å². The molecule has 0 saturated carbocycles. The Balaban J connectivity index is 1.69. The Labute approximate surface area is 209 Å².